The van der Waals surface area contributed by atoms with Crippen molar-refractivity contribution in [1.29, 1.82) is 10.8 Å². The Balaban J connectivity index is 0.00000129. The summed E-state index contributed by atoms with van der Waals surface area (Å²) in [4.78, 5) is 111. The number of nitrogens with zero attached hydrogens (tertiary/aromatic N) is 7. The Bertz CT molecular complexity index is 4180. The number of unbranched alkanes of at least 4 members (excludes halogenated alkanes) is 1. The van der Waals surface area contributed by atoms with Crippen LogP contribution in [0.4, 0.5) is 34.1 Å². The molecule has 112 heavy (non-hydrogen) atoms. The van der Waals surface area contributed by atoms with Crippen LogP contribution in [0.2, 0.25) is 0 Å². The standard InChI is InChI=1S/C12H13N3O3S.C12H15N3O3S.C12H15NO3.C12H13NO3.C11H13N3O4S.C7H5NO3.C5H9Br.C5H9.Li/c13-11-14-12(9(7-19-11)4-5-18-12)8-2-1-3-10(6-8)15(16)17;1-2-4-10(19-12(13)14)11(16)8-5-3-6-9(7-8)15(17)18;2*1-3-5-9(2)12(14)10-6-4-7-11(8-10)13(15)16;12-11(13)19-9(4-5-15)10(16)7-2-1-3-8(6-7)14(17)18;9-5-6-2-1-3-7(4-6)8(10)11;1-3-4-5(2)6;1-3-5-4-2;/h1-3,6,9H,4-5,7H2,(H2,13,14);3,5-7,10H,2,4H2,1H3,(H3,13,14);4,6-8,12,14H,2-3,5H2,1H3;4,6-8H,2-3,5H2,1H3;1-3,6,9,15H,4-5H2,(H3,12,13);1-5H;2-4H2,1H3;1,4-5H2,2H3;/q;;;;;;;-1;+1. The fourth-order valence-electron chi connectivity index (χ4n) is 9.73. The SMILES string of the molecule is C=C(Br)CCC.C=C(CCC)C(=O)c1cccc([N+](=O)[O-])c1.C=C(CCC)C(O)c1cccc([N+](=O)[O-])c1.C=[C-]CCC.CCCC(SC(=N)N)C(=O)c1cccc([N+](=O)[O-])c1.N=C(N)SC(CCO)C(=O)c1cccc([N+](=O)[O-])c1.NC1=NC2(c3cccc([N+](=O)[O-])c3)OCCC2CS1.O=Cc1cccc([N+](=O)[O-])c1.[Li+]. The maximum atomic E-state index is 12.2. The molecule has 5 unspecified atom stereocenters. The number of amidine groups is 3. The summed E-state index contributed by atoms with van der Waals surface area (Å²) in [6.07, 6.45) is 12.4. The molecule has 6 aromatic carbocycles. The Kier molecular flexibility index (Phi) is 50.2. The van der Waals surface area contributed by atoms with Crippen molar-refractivity contribution < 1.29 is 82.5 Å². The van der Waals surface area contributed by atoms with Gasteiger partial charge in [-0.15, -0.1) is 0 Å². The number of carbonyl (C=O) groups excluding carboxylic acids is 4. The molecular weight excluding hydrogens is 1570 g/mol. The van der Waals surface area contributed by atoms with Gasteiger partial charge in [0.15, 0.2) is 38.6 Å². The molecule has 0 spiro atoms. The van der Waals surface area contributed by atoms with Crippen molar-refractivity contribution in [3.63, 3.8) is 0 Å². The Morgan fingerprint density at radius 3 is 1.46 bits per heavy atom. The predicted octanol–water partition coefficient (Wildman–Crippen LogP) is 14.6. The number of nitro benzene ring substituents is 6. The van der Waals surface area contributed by atoms with Gasteiger partial charge in [-0.1, -0.05) is 210 Å². The van der Waals surface area contributed by atoms with Crippen molar-refractivity contribution in [1.82, 2.24) is 0 Å². The minimum absolute atomic E-state index is 0. The molecule has 0 aliphatic carbocycles. The van der Waals surface area contributed by atoms with E-state index in [1.165, 1.54) is 134 Å². The number of ketones is 3. The number of allylic oxidation sites excluding steroid dienone is 3. The molecule has 0 bridgehead atoms. The summed E-state index contributed by atoms with van der Waals surface area (Å²) in [7, 11) is 0. The number of hydrogen-bond donors (Lipinski definition) is 7. The summed E-state index contributed by atoms with van der Waals surface area (Å²) in [5.41, 5.74) is 18.6. The number of fused-ring (bicyclic) bond motifs is 1. The number of aliphatic imine (C=N–C) groups is 1. The summed E-state index contributed by atoms with van der Waals surface area (Å²) in [6, 6.07) is 34.7. The van der Waals surface area contributed by atoms with Gasteiger partial charge in [0, 0.05) is 119 Å². The minimum atomic E-state index is -0.832. The van der Waals surface area contributed by atoms with Gasteiger partial charge in [-0.2, -0.15) is 6.42 Å². The molecule has 31 nitrogen and oxygen atoms in total. The first kappa shape index (κ1) is 102. The first-order chi connectivity index (χ1) is 52.6. The second-order valence-electron chi connectivity index (χ2n) is 23.6. The number of nitrogens with two attached hydrogens (primary N) is 3. The Labute approximate surface area is 682 Å². The number of thioether (sulfide) groups is 3. The van der Waals surface area contributed by atoms with Crippen molar-refractivity contribution in [3.05, 3.63) is 288 Å². The number of aliphatic hydroxyl groups is 2. The number of nitrogens with one attached hydrogen (secondary N) is 2. The average molecular weight is 1660 g/mol. The third-order valence-electron chi connectivity index (χ3n) is 15.0. The topological polar surface area (TPSA) is 515 Å². The number of non-ortho nitro benzene ring substituents is 6. The second-order valence-corrected chi connectivity index (χ2v) is 28.2. The Hall–Kier alpha value is -10.2. The van der Waals surface area contributed by atoms with Crippen LogP contribution in [0.1, 0.15) is 170 Å². The van der Waals surface area contributed by atoms with E-state index >= 15 is 0 Å². The van der Waals surface area contributed by atoms with Gasteiger partial charge < -0.3 is 38.2 Å². The van der Waals surface area contributed by atoms with E-state index in [4.69, 9.17) is 37.9 Å². The van der Waals surface area contributed by atoms with Gasteiger partial charge in [0.1, 0.15) is 12.4 Å². The molecule has 10 N–H and O–H groups in total. The number of carbonyl (C=O) groups is 4. The number of halogens is 1. The van der Waals surface area contributed by atoms with Crippen LogP contribution in [0, 0.1) is 83.5 Å². The van der Waals surface area contributed by atoms with Crippen molar-refractivity contribution in [2.24, 2.45) is 28.1 Å². The summed E-state index contributed by atoms with van der Waals surface area (Å²) in [5.74, 6) is 0.207. The fraction of sp³-hybridized carbons (Fsp3) is 0.329. The number of rotatable bonds is 30. The molecule has 2 heterocycles. The number of aldehydes is 1. The first-order valence-electron chi connectivity index (χ1n) is 34.2. The number of nitro groups is 6. The van der Waals surface area contributed by atoms with Crippen LogP contribution in [-0.2, 0) is 10.5 Å². The fourth-order valence-corrected chi connectivity index (χ4v) is 12.8. The van der Waals surface area contributed by atoms with Gasteiger partial charge in [-0.25, -0.2) is 4.99 Å². The van der Waals surface area contributed by atoms with Gasteiger partial charge in [0.2, 0.25) is 0 Å². The van der Waals surface area contributed by atoms with E-state index in [0.717, 1.165) is 72.3 Å². The molecule has 8 rings (SSSR count). The zero-order valence-corrected chi connectivity index (χ0v) is 67.0. The normalized spacial score (nSPS) is 13.9. The smallest absolute Gasteiger partial charge is 0.504 e. The number of ether oxygens (including phenoxy) is 1. The van der Waals surface area contributed by atoms with Crippen LogP contribution in [-0.4, -0.2) is 108 Å². The van der Waals surface area contributed by atoms with Gasteiger partial charge >= 0.3 is 18.9 Å². The zero-order chi connectivity index (χ0) is 83.9. The quantitative estimate of drug-likeness (QED) is 0.00210. The zero-order valence-electron chi connectivity index (χ0n) is 63.0. The van der Waals surface area contributed by atoms with E-state index < -0.39 is 57.7 Å². The number of benzene rings is 6. The third-order valence-corrected chi connectivity index (χ3v) is 18.3. The molecule has 36 heteroatoms. The van der Waals surface area contributed by atoms with Gasteiger partial charge in [-0.3, -0.25) is 97.3 Å². The molecule has 1 saturated heterocycles. The molecular formula is C76H92BrLiN12O19S3. The van der Waals surface area contributed by atoms with Crippen molar-refractivity contribution in [2.75, 3.05) is 19.0 Å². The molecule has 0 radical (unpaired) electrons. The van der Waals surface area contributed by atoms with E-state index in [2.05, 4.69) is 67.2 Å². The molecule has 0 aromatic heterocycles. The van der Waals surface area contributed by atoms with Crippen molar-refractivity contribution in [2.45, 2.75) is 134 Å². The Morgan fingerprint density at radius 2 is 1.05 bits per heavy atom. The maximum Gasteiger partial charge on any atom is 1.00 e. The van der Waals surface area contributed by atoms with Crippen LogP contribution in [0.15, 0.2) is 193 Å². The molecule has 596 valence electrons. The van der Waals surface area contributed by atoms with Crippen LogP contribution < -0.4 is 36.1 Å². The number of aliphatic hydroxyl groups excluding tert-OH is 2. The molecule has 2 aliphatic heterocycles. The van der Waals surface area contributed by atoms with Gasteiger partial charge in [0.05, 0.1) is 46.6 Å². The van der Waals surface area contributed by atoms with E-state index in [9.17, 15) is 85.0 Å². The average Bonchev–Trinajstić information content (AvgIpc) is 1.56. The van der Waals surface area contributed by atoms with E-state index in [1.54, 1.807) is 30.3 Å². The van der Waals surface area contributed by atoms with Crippen LogP contribution in [0.25, 0.3) is 0 Å². The predicted molar refractivity (Wildman–Crippen MR) is 440 cm³/mol. The summed E-state index contributed by atoms with van der Waals surface area (Å²) in [6.45, 7) is 25.0. The van der Waals surface area contributed by atoms with Crippen LogP contribution >= 0.6 is 51.2 Å². The molecule has 0 saturated carbocycles. The first-order valence-corrected chi connectivity index (χ1v) is 37.8. The van der Waals surface area contributed by atoms with E-state index in [0.29, 0.717) is 70.7 Å². The molecule has 1 fully saturated rings. The van der Waals surface area contributed by atoms with E-state index in [-0.39, 0.29) is 105 Å². The number of Topliss-reactive ketones (excluding diaryl/α,β-unsaturated/α-hetero) is 3. The number of hydrogen-bond acceptors (Lipinski definition) is 26. The largest absolute Gasteiger partial charge is 1.00 e. The van der Waals surface area contributed by atoms with E-state index in [1.807, 2.05) is 26.8 Å². The molecule has 0 amide bonds. The Morgan fingerprint density at radius 1 is 0.634 bits per heavy atom. The molecule has 5 atom stereocenters. The van der Waals surface area contributed by atoms with Crippen LogP contribution in [0.5, 0.6) is 0 Å². The van der Waals surface area contributed by atoms with Crippen molar-refractivity contribution in [3.8, 4) is 0 Å². The maximum absolute atomic E-state index is 12.2. The minimum Gasteiger partial charge on any atom is -0.504 e. The van der Waals surface area contributed by atoms with Gasteiger partial charge in [0.25, 0.3) is 34.1 Å². The van der Waals surface area contributed by atoms with Crippen LogP contribution in [0.3, 0.4) is 0 Å². The van der Waals surface area contributed by atoms with Gasteiger partial charge in [-0.05, 0) is 59.7 Å². The van der Waals surface area contributed by atoms with Crippen molar-refractivity contribution >= 4 is 124 Å². The third kappa shape index (κ3) is 37.2. The molecule has 2 aliphatic rings. The second kappa shape index (κ2) is 55.2. The molecule has 6 aromatic rings. The summed E-state index contributed by atoms with van der Waals surface area (Å²) in [5, 5.41) is 95.6. The monoisotopic (exact) mass is 1660 g/mol. The summed E-state index contributed by atoms with van der Waals surface area (Å²) >= 11 is 6.56. The summed E-state index contributed by atoms with van der Waals surface area (Å²) < 4.78 is 6.93.